The first-order chi connectivity index (χ1) is 13.0. The van der Waals surface area contributed by atoms with Gasteiger partial charge in [0.05, 0.1) is 5.75 Å². The average Bonchev–Trinajstić information content (AvgIpc) is 3.02. The highest BCUT2D eigenvalue weighted by Gasteiger charge is 2.24. The van der Waals surface area contributed by atoms with E-state index >= 15 is 0 Å². The summed E-state index contributed by atoms with van der Waals surface area (Å²) in [6, 6.07) is 7.97. The quantitative estimate of drug-likeness (QED) is 0.649. The second kappa shape index (κ2) is 9.11. The van der Waals surface area contributed by atoms with Gasteiger partial charge in [-0.15, -0.1) is 10.2 Å². The van der Waals surface area contributed by atoms with Gasteiger partial charge in [-0.2, -0.15) is 0 Å². The molecule has 0 N–H and O–H groups in total. The van der Waals surface area contributed by atoms with Gasteiger partial charge in [-0.3, -0.25) is 4.79 Å². The van der Waals surface area contributed by atoms with E-state index < -0.39 is 0 Å². The largest absolute Gasteiger partial charge is 0.339 e. The van der Waals surface area contributed by atoms with Gasteiger partial charge in [0.15, 0.2) is 11.0 Å². The molecular weight excluding hydrogens is 380 g/mol. The summed E-state index contributed by atoms with van der Waals surface area (Å²) in [4.78, 5) is 14.7. The van der Waals surface area contributed by atoms with E-state index in [1.807, 2.05) is 29.2 Å². The molecule has 0 saturated carbocycles. The molecule has 1 fully saturated rings. The molecule has 3 rings (SSSR count). The van der Waals surface area contributed by atoms with Crippen LogP contribution in [-0.2, 0) is 11.3 Å². The summed E-state index contributed by atoms with van der Waals surface area (Å²) in [6.07, 6.45) is 3.41. The monoisotopic (exact) mass is 406 g/mol. The minimum Gasteiger partial charge on any atom is -0.339 e. The minimum atomic E-state index is 0.194. The van der Waals surface area contributed by atoms with E-state index in [-0.39, 0.29) is 5.91 Å². The number of hydrogen-bond donors (Lipinski definition) is 0. The van der Waals surface area contributed by atoms with Crippen LogP contribution in [-0.4, -0.2) is 43.9 Å². The zero-order valence-corrected chi connectivity index (χ0v) is 17.8. The Hall–Kier alpha value is -1.53. The van der Waals surface area contributed by atoms with E-state index in [1.165, 1.54) is 18.2 Å². The van der Waals surface area contributed by atoms with Crippen molar-refractivity contribution in [3.8, 4) is 11.4 Å². The summed E-state index contributed by atoms with van der Waals surface area (Å²) in [5.74, 6) is 1.87. The average molecular weight is 407 g/mol. The van der Waals surface area contributed by atoms with Gasteiger partial charge in [0.25, 0.3) is 0 Å². The van der Waals surface area contributed by atoms with E-state index in [9.17, 15) is 4.79 Å². The highest BCUT2D eigenvalue weighted by atomic mass is 35.5. The summed E-state index contributed by atoms with van der Waals surface area (Å²) in [5, 5.41) is 10.3. The molecule has 1 amide bonds. The fraction of sp³-hybridized carbons (Fsp3) is 0.550. The van der Waals surface area contributed by atoms with Crippen LogP contribution >= 0.6 is 23.4 Å². The number of likely N-dealkylation sites (tertiary alicyclic amines) is 1. The molecule has 146 valence electrons. The van der Waals surface area contributed by atoms with Crippen molar-refractivity contribution < 1.29 is 4.79 Å². The molecule has 1 saturated heterocycles. The van der Waals surface area contributed by atoms with Crippen LogP contribution in [0.5, 0.6) is 0 Å². The van der Waals surface area contributed by atoms with Crippen molar-refractivity contribution in [2.75, 3.05) is 12.3 Å². The van der Waals surface area contributed by atoms with E-state index in [4.69, 9.17) is 11.6 Å². The smallest absolute Gasteiger partial charge is 0.233 e. The van der Waals surface area contributed by atoms with Gasteiger partial charge in [0, 0.05) is 29.7 Å². The lowest BCUT2D eigenvalue weighted by Crippen LogP contribution is -2.43. The molecule has 0 bridgehead atoms. The van der Waals surface area contributed by atoms with Crippen molar-refractivity contribution in [1.82, 2.24) is 19.7 Å². The maximum atomic E-state index is 12.7. The van der Waals surface area contributed by atoms with Crippen LogP contribution in [0.15, 0.2) is 29.4 Å². The fourth-order valence-electron chi connectivity index (χ4n) is 3.42. The lowest BCUT2D eigenvalue weighted by atomic mass is 10.0. The van der Waals surface area contributed by atoms with Crippen molar-refractivity contribution in [1.29, 1.82) is 0 Å². The second-order valence-corrected chi connectivity index (χ2v) is 8.92. The Morgan fingerprint density at radius 3 is 2.67 bits per heavy atom. The summed E-state index contributed by atoms with van der Waals surface area (Å²) in [6.45, 7) is 8.15. The van der Waals surface area contributed by atoms with Crippen LogP contribution in [0, 0.1) is 5.92 Å². The van der Waals surface area contributed by atoms with Crippen LogP contribution < -0.4 is 0 Å². The van der Waals surface area contributed by atoms with Crippen LogP contribution in [0.2, 0.25) is 5.02 Å². The van der Waals surface area contributed by atoms with Crippen LogP contribution in [0.4, 0.5) is 0 Å². The Bertz CT molecular complexity index is 775. The number of aromatic nitrogens is 3. The maximum absolute atomic E-state index is 12.7. The van der Waals surface area contributed by atoms with Crippen LogP contribution in [0.3, 0.4) is 0 Å². The van der Waals surface area contributed by atoms with Crippen LogP contribution in [0.25, 0.3) is 11.4 Å². The Morgan fingerprint density at radius 2 is 2.00 bits per heavy atom. The minimum absolute atomic E-state index is 0.194. The lowest BCUT2D eigenvalue weighted by Gasteiger charge is -2.33. The first-order valence-electron chi connectivity index (χ1n) is 9.57. The van der Waals surface area contributed by atoms with Crippen LogP contribution in [0.1, 0.15) is 40.0 Å². The molecule has 1 aromatic heterocycles. The molecule has 7 heteroatoms. The number of thioether (sulfide) groups is 1. The third kappa shape index (κ3) is 5.05. The van der Waals surface area contributed by atoms with Crippen molar-refractivity contribution in [3.05, 3.63) is 29.3 Å². The van der Waals surface area contributed by atoms with Crippen molar-refractivity contribution in [2.45, 2.75) is 57.8 Å². The molecule has 2 aromatic rings. The SMILES string of the molecule is CC(C)Cn1c(SCC(=O)N2CCCC[C@H]2C)nnc1-c1ccc(Cl)cc1. The zero-order valence-electron chi connectivity index (χ0n) is 16.2. The maximum Gasteiger partial charge on any atom is 0.233 e. The summed E-state index contributed by atoms with van der Waals surface area (Å²) < 4.78 is 2.12. The van der Waals surface area contributed by atoms with Crippen molar-refractivity contribution >= 4 is 29.3 Å². The Morgan fingerprint density at radius 1 is 1.26 bits per heavy atom. The standard InChI is InChI=1S/C20H27ClN4OS/c1-14(2)12-25-19(16-7-9-17(21)10-8-16)22-23-20(25)27-13-18(26)24-11-5-4-6-15(24)3/h7-10,14-15H,4-6,11-13H2,1-3H3/t15-/m1/s1. The number of amides is 1. The number of carbonyl (C=O) groups excluding carboxylic acids is 1. The molecule has 27 heavy (non-hydrogen) atoms. The van der Waals surface area contributed by atoms with E-state index in [1.54, 1.807) is 0 Å². The number of benzene rings is 1. The highest BCUT2D eigenvalue weighted by Crippen LogP contribution is 2.27. The van der Waals surface area contributed by atoms with Gasteiger partial charge in [-0.1, -0.05) is 37.2 Å². The molecule has 1 atom stereocenters. The van der Waals surface area contributed by atoms with E-state index in [0.717, 1.165) is 42.5 Å². The fourth-order valence-corrected chi connectivity index (χ4v) is 4.38. The molecule has 1 aromatic carbocycles. The number of nitrogens with zero attached hydrogens (tertiary/aromatic N) is 4. The topological polar surface area (TPSA) is 51.0 Å². The first-order valence-corrected chi connectivity index (χ1v) is 10.9. The molecule has 0 aliphatic carbocycles. The van der Waals surface area contributed by atoms with Gasteiger partial charge in [0.1, 0.15) is 0 Å². The van der Waals surface area contributed by atoms with Gasteiger partial charge in [-0.05, 0) is 56.4 Å². The molecule has 1 aliphatic rings. The van der Waals surface area contributed by atoms with Gasteiger partial charge < -0.3 is 9.47 Å². The van der Waals surface area contributed by atoms with Gasteiger partial charge in [0.2, 0.25) is 5.91 Å². The number of rotatable bonds is 6. The summed E-state index contributed by atoms with van der Waals surface area (Å²) >= 11 is 7.49. The zero-order chi connectivity index (χ0) is 19.4. The summed E-state index contributed by atoms with van der Waals surface area (Å²) in [7, 11) is 0. The third-order valence-electron chi connectivity index (χ3n) is 4.82. The summed E-state index contributed by atoms with van der Waals surface area (Å²) in [5.41, 5.74) is 0.982. The normalized spacial score (nSPS) is 17.5. The number of halogens is 1. The van der Waals surface area contributed by atoms with E-state index in [2.05, 4.69) is 35.5 Å². The molecule has 0 radical (unpaired) electrons. The number of piperidine rings is 1. The first kappa shape index (κ1) is 20.2. The third-order valence-corrected chi connectivity index (χ3v) is 6.02. The van der Waals surface area contributed by atoms with Gasteiger partial charge in [-0.25, -0.2) is 0 Å². The molecular formula is C20H27ClN4OS. The van der Waals surface area contributed by atoms with Crippen molar-refractivity contribution in [2.24, 2.45) is 5.92 Å². The predicted octanol–water partition coefficient (Wildman–Crippen LogP) is 4.75. The van der Waals surface area contributed by atoms with Crippen molar-refractivity contribution in [3.63, 3.8) is 0 Å². The second-order valence-electron chi connectivity index (χ2n) is 7.54. The molecule has 0 spiro atoms. The molecule has 0 unspecified atom stereocenters. The highest BCUT2D eigenvalue weighted by molar-refractivity contribution is 7.99. The molecule has 2 heterocycles. The number of hydrogen-bond acceptors (Lipinski definition) is 4. The molecule has 1 aliphatic heterocycles. The predicted molar refractivity (Wildman–Crippen MR) is 111 cm³/mol. The Kier molecular flexibility index (Phi) is 6.82. The molecule has 5 nitrogen and oxygen atoms in total. The van der Waals surface area contributed by atoms with E-state index in [0.29, 0.717) is 22.7 Å². The lowest BCUT2D eigenvalue weighted by molar-refractivity contribution is -0.131. The number of carbonyl (C=O) groups is 1. The Labute approximate surface area is 170 Å². The van der Waals surface area contributed by atoms with Gasteiger partial charge >= 0.3 is 0 Å². The Balaban J connectivity index is 1.76.